The predicted molar refractivity (Wildman–Crippen MR) is 46.6 cm³/mol. The molecule has 5 nitrogen and oxygen atoms in total. The van der Waals surface area contributed by atoms with E-state index in [1.165, 1.54) is 5.32 Å². The highest BCUT2D eigenvalue weighted by atomic mass is 19.4. The number of carbonyl (C=O) groups is 2. The van der Waals surface area contributed by atoms with Gasteiger partial charge < -0.3 is 15.7 Å². The van der Waals surface area contributed by atoms with Crippen molar-refractivity contribution < 1.29 is 27.9 Å². The highest BCUT2D eigenvalue weighted by molar-refractivity contribution is 5.89. The average Bonchev–Trinajstić information content (AvgIpc) is 1.97. The molecule has 1 aliphatic rings. The third-order valence-electron chi connectivity index (χ3n) is 2.52. The Morgan fingerprint density at radius 1 is 1.38 bits per heavy atom. The summed E-state index contributed by atoms with van der Waals surface area (Å²) >= 11 is 0. The largest absolute Gasteiger partial charge is 0.479 e. The summed E-state index contributed by atoms with van der Waals surface area (Å²) in [6.07, 6.45) is -5.04. The Morgan fingerprint density at radius 3 is 2.12 bits per heavy atom. The van der Waals surface area contributed by atoms with E-state index in [0.29, 0.717) is 6.92 Å². The number of nitrogens with one attached hydrogen (secondary N) is 2. The van der Waals surface area contributed by atoms with Gasteiger partial charge in [0.05, 0.1) is 5.92 Å². The molecule has 1 heterocycles. The number of carboxylic acid groups (broad SMARTS) is 1. The molecule has 0 bridgehead atoms. The summed E-state index contributed by atoms with van der Waals surface area (Å²) in [6.45, 7) is 0.956. The topological polar surface area (TPSA) is 78.4 Å². The Morgan fingerprint density at radius 2 is 1.88 bits per heavy atom. The van der Waals surface area contributed by atoms with Gasteiger partial charge in [-0.15, -0.1) is 0 Å². The third kappa shape index (κ3) is 2.11. The molecule has 1 fully saturated rings. The zero-order chi connectivity index (χ0) is 12.6. The van der Waals surface area contributed by atoms with Crippen LogP contribution in [0.2, 0.25) is 0 Å². The summed E-state index contributed by atoms with van der Waals surface area (Å²) in [4.78, 5) is 21.9. The minimum Gasteiger partial charge on any atom is -0.479 e. The fourth-order valence-electron chi connectivity index (χ4n) is 1.07. The molecular formula is C8H11F3N2O3. The summed E-state index contributed by atoms with van der Waals surface area (Å²) in [5.74, 6) is -3.62. The van der Waals surface area contributed by atoms with Crippen LogP contribution in [0, 0.1) is 5.92 Å². The lowest BCUT2D eigenvalue weighted by atomic mass is 9.97. The first-order chi connectivity index (χ1) is 7.18. The van der Waals surface area contributed by atoms with Gasteiger partial charge in [-0.05, 0) is 6.92 Å². The van der Waals surface area contributed by atoms with E-state index in [9.17, 15) is 22.8 Å². The second-order valence-corrected chi connectivity index (χ2v) is 3.77. The number of alkyl halides is 3. The maximum absolute atomic E-state index is 12.5. The van der Waals surface area contributed by atoms with Crippen molar-refractivity contribution >= 4 is 11.9 Å². The first-order valence-electron chi connectivity index (χ1n) is 4.51. The van der Waals surface area contributed by atoms with Crippen molar-refractivity contribution in [2.45, 2.75) is 18.6 Å². The summed E-state index contributed by atoms with van der Waals surface area (Å²) < 4.78 is 37.5. The van der Waals surface area contributed by atoms with Crippen molar-refractivity contribution in [3.8, 4) is 0 Å². The minimum absolute atomic E-state index is 0.263. The zero-order valence-corrected chi connectivity index (χ0v) is 8.39. The van der Waals surface area contributed by atoms with E-state index in [2.05, 4.69) is 5.32 Å². The molecule has 1 amide bonds. The van der Waals surface area contributed by atoms with Gasteiger partial charge in [0.15, 0.2) is 0 Å². The van der Waals surface area contributed by atoms with E-state index in [1.54, 1.807) is 0 Å². The van der Waals surface area contributed by atoms with E-state index in [4.69, 9.17) is 5.11 Å². The molecule has 1 saturated heterocycles. The van der Waals surface area contributed by atoms with Gasteiger partial charge in [0.25, 0.3) is 0 Å². The van der Waals surface area contributed by atoms with Crippen LogP contribution in [0.4, 0.5) is 13.2 Å². The molecule has 1 unspecified atom stereocenters. The van der Waals surface area contributed by atoms with Gasteiger partial charge in [-0.25, -0.2) is 4.79 Å². The number of rotatable bonds is 3. The van der Waals surface area contributed by atoms with Gasteiger partial charge in [0.2, 0.25) is 11.4 Å². The molecule has 92 valence electrons. The molecule has 16 heavy (non-hydrogen) atoms. The number of halogens is 3. The third-order valence-corrected chi connectivity index (χ3v) is 2.52. The number of carbonyl (C=O) groups excluding carboxylic acids is 1. The highest BCUT2D eigenvalue weighted by Crippen LogP contribution is 2.30. The second-order valence-electron chi connectivity index (χ2n) is 3.77. The second kappa shape index (κ2) is 3.93. The maximum Gasteiger partial charge on any atom is 0.422 e. The van der Waals surface area contributed by atoms with Gasteiger partial charge in [-0.3, -0.25) is 4.79 Å². The maximum atomic E-state index is 12.5. The molecular weight excluding hydrogens is 229 g/mol. The Labute approximate surface area is 89.0 Å². The first kappa shape index (κ1) is 12.8. The van der Waals surface area contributed by atoms with Crippen LogP contribution in [0.3, 0.4) is 0 Å². The number of hydrogen-bond acceptors (Lipinski definition) is 3. The van der Waals surface area contributed by atoms with Crippen molar-refractivity contribution in [3.05, 3.63) is 0 Å². The smallest absolute Gasteiger partial charge is 0.422 e. The molecule has 0 aromatic carbocycles. The lowest BCUT2D eigenvalue weighted by molar-refractivity contribution is -0.207. The SMILES string of the molecule is CC(NC(=O)C1CNC1)(C(=O)O)C(F)(F)F. The van der Waals surface area contributed by atoms with Crippen LogP contribution < -0.4 is 10.6 Å². The summed E-state index contributed by atoms with van der Waals surface area (Å²) in [6, 6.07) is 0. The minimum atomic E-state index is -5.04. The number of aliphatic carboxylic acids is 1. The molecule has 0 aromatic heterocycles. The van der Waals surface area contributed by atoms with Gasteiger partial charge >= 0.3 is 12.1 Å². The molecule has 8 heteroatoms. The van der Waals surface area contributed by atoms with Crippen LogP contribution in [-0.4, -0.2) is 41.8 Å². The van der Waals surface area contributed by atoms with Gasteiger partial charge in [-0.1, -0.05) is 0 Å². The fraction of sp³-hybridized carbons (Fsp3) is 0.750. The van der Waals surface area contributed by atoms with E-state index in [0.717, 1.165) is 0 Å². The zero-order valence-electron chi connectivity index (χ0n) is 8.39. The van der Waals surface area contributed by atoms with Crippen molar-refractivity contribution in [2.24, 2.45) is 5.92 Å². The van der Waals surface area contributed by atoms with Crippen LogP contribution in [0.15, 0.2) is 0 Å². The van der Waals surface area contributed by atoms with Crippen LogP contribution in [0.25, 0.3) is 0 Å². The highest BCUT2D eigenvalue weighted by Gasteiger charge is 2.58. The van der Waals surface area contributed by atoms with Crippen LogP contribution in [0.1, 0.15) is 6.92 Å². The van der Waals surface area contributed by atoms with E-state index in [1.807, 2.05) is 0 Å². The van der Waals surface area contributed by atoms with Crippen molar-refractivity contribution in [1.82, 2.24) is 10.6 Å². The fourth-order valence-corrected chi connectivity index (χ4v) is 1.07. The predicted octanol–water partition coefficient (Wildman–Crippen LogP) is -0.272. The number of carboxylic acids is 1. The average molecular weight is 240 g/mol. The summed E-state index contributed by atoms with van der Waals surface area (Å²) in [5, 5.41) is 12.8. The monoisotopic (exact) mass is 240 g/mol. The van der Waals surface area contributed by atoms with Gasteiger partial charge in [0, 0.05) is 13.1 Å². The van der Waals surface area contributed by atoms with Crippen molar-refractivity contribution in [3.63, 3.8) is 0 Å². The molecule has 0 spiro atoms. The molecule has 0 aliphatic carbocycles. The normalized spacial score (nSPS) is 20.8. The molecule has 1 rings (SSSR count). The number of amides is 1. The van der Waals surface area contributed by atoms with Crippen LogP contribution in [-0.2, 0) is 9.59 Å². The summed E-state index contributed by atoms with van der Waals surface area (Å²) in [7, 11) is 0. The van der Waals surface area contributed by atoms with E-state index < -0.39 is 29.5 Å². The molecule has 0 radical (unpaired) electrons. The van der Waals surface area contributed by atoms with E-state index >= 15 is 0 Å². The molecule has 0 saturated carbocycles. The summed E-state index contributed by atoms with van der Waals surface area (Å²) in [5.41, 5.74) is -3.24. The van der Waals surface area contributed by atoms with Crippen LogP contribution in [0.5, 0.6) is 0 Å². The molecule has 3 N–H and O–H groups in total. The Bertz CT molecular complexity index is 314. The Balaban J connectivity index is 2.79. The molecule has 0 aromatic rings. The lowest BCUT2D eigenvalue weighted by Crippen LogP contribution is -2.65. The quantitative estimate of drug-likeness (QED) is 0.634. The number of hydrogen-bond donors (Lipinski definition) is 3. The lowest BCUT2D eigenvalue weighted by Gasteiger charge is -2.33. The van der Waals surface area contributed by atoms with Crippen molar-refractivity contribution in [1.29, 1.82) is 0 Å². The Kier molecular flexibility index (Phi) is 3.13. The first-order valence-corrected chi connectivity index (χ1v) is 4.51. The molecule has 1 atom stereocenters. The van der Waals surface area contributed by atoms with Gasteiger partial charge in [0.1, 0.15) is 0 Å². The van der Waals surface area contributed by atoms with E-state index in [-0.39, 0.29) is 13.1 Å². The van der Waals surface area contributed by atoms with Gasteiger partial charge in [-0.2, -0.15) is 13.2 Å². The van der Waals surface area contributed by atoms with Crippen molar-refractivity contribution in [2.75, 3.05) is 13.1 Å². The standard InChI is InChI=1S/C8H11F3N2O3/c1-7(6(15)16,8(9,10)11)13-5(14)4-2-12-3-4/h4,12H,2-3H2,1H3,(H,13,14)(H,15,16). The van der Waals surface area contributed by atoms with Crippen LogP contribution >= 0.6 is 0 Å². The molecule has 1 aliphatic heterocycles. The Hall–Kier alpha value is -1.31.